The third-order valence-electron chi connectivity index (χ3n) is 3.19. The molecule has 3 heteroatoms. The molecule has 0 aliphatic carbocycles. The molecule has 1 rings (SSSR count). The molecule has 0 fully saturated rings. The molecule has 0 N–H and O–H groups in total. The molecule has 17 heavy (non-hydrogen) atoms. The first-order valence-corrected chi connectivity index (χ1v) is 6.82. The topological polar surface area (TPSA) is 34.9 Å². The van der Waals surface area contributed by atoms with Crippen LogP contribution in [0.5, 0.6) is 0 Å². The summed E-state index contributed by atoms with van der Waals surface area (Å²) in [6.07, 6.45) is 7.62. The monoisotopic (exact) mass is 236 g/mol. The van der Waals surface area contributed by atoms with E-state index >= 15 is 0 Å². The minimum absolute atomic E-state index is 0.825. The van der Waals surface area contributed by atoms with Gasteiger partial charge in [-0.3, -0.25) is 9.48 Å². The van der Waals surface area contributed by atoms with Crippen molar-refractivity contribution in [3.05, 3.63) is 17.0 Å². The van der Waals surface area contributed by atoms with E-state index in [1.165, 1.54) is 19.3 Å². The average Bonchev–Trinajstić information content (AvgIpc) is 2.71. The van der Waals surface area contributed by atoms with Gasteiger partial charge in [0.05, 0.1) is 11.3 Å². The molecule has 0 spiro atoms. The minimum Gasteiger partial charge on any atom is -0.298 e. The fraction of sp³-hybridized carbons (Fsp3) is 0.714. The Labute approximate surface area is 104 Å². The lowest BCUT2D eigenvalue weighted by Crippen LogP contribution is -2.05. The second-order valence-corrected chi connectivity index (χ2v) is 4.42. The van der Waals surface area contributed by atoms with E-state index in [0.717, 1.165) is 49.0 Å². The maximum atomic E-state index is 11.1. The van der Waals surface area contributed by atoms with E-state index in [0.29, 0.717) is 0 Å². The lowest BCUT2D eigenvalue weighted by atomic mass is 10.1. The van der Waals surface area contributed by atoms with E-state index in [9.17, 15) is 4.79 Å². The van der Waals surface area contributed by atoms with Gasteiger partial charge in [-0.15, -0.1) is 0 Å². The Morgan fingerprint density at radius 2 is 1.88 bits per heavy atom. The lowest BCUT2D eigenvalue weighted by Gasteiger charge is -2.05. The molecule has 0 radical (unpaired) electrons. The van der Waals surface area contributed by atoms with Crippen LogP contribution in [0.25, 0.3) is 0 Å². The molecule has 1 aromatic heterocycles. The van der Waals surface area contributed by atoms with Crippen LogP contribution in [-0.4, -0.2) is 16.1 Å². The van der Waals surface area contributed by atoms with Crippen LogP contribution in [0.15, 0.2) is 0 Å². The number of hydrogen-bond acceptors (Lipinski definition) is 2. The molecule has 0 aliphatic heterocycles. The summed E-state index contributed by atoms with van der Waals surface area (Å²) in [5.41, 5.74) is 2.88. The molecule has 96 valence electrons. The molecule has 0 bridgehead atoms. The van der Waals surface area contributed by atoms with Crippen LogP contribution < -0.4 is 0 Å². The number of rotatable bonds is 8. The second kappa shape index (κ2) is 7.25. The highest BCUT2D eigenvalue weighted by Crippen LogP contribution is 2.15. The molecule has 1 heterocycles. The number of carbonyl (C=O) groups is 1. The Kier molecular flexibility index (Phi) is 5.95. The predicted octanol–water partition coefficient (Wildman–Crippen LogP) is 3.40. The molecule has 1 aromatic rings. The number of aryl methyl sites for hydroxylation is 2. The lowest BCUT2D eigenvalue weighted by molar-refractivity contribution is 0.112. The van der Waals surface area contributed by atoms with Crippen LogP contribution >= 0.6 is 0 Å². The minimum atomic E-state index is 0.825. The van der Waals surface area contributed by atoms with Crippen LogP contribution in [0.4, 0.5) is 0 Å². The maximum Gasteiger partial charge on any atom is 0.153 e. The van der Waals surface area contributed by atoms with Crippen LogP contribution in [0.1, 0.15) is 68.2 Å². The van der Waals surface area contributed by atoms with Gasteiger partial charge >= 0.3 is 0 Å². The fourth-order valence-corrected chi connectivity index (χ4v) is 2.21. The van der Waals surface area contributed by atoms with Gasteiger partial charge in [0.25, 0.3) is 0 Å². The van der Waals surface area contributed by atoms with Crippen molar-refractivity contribution in [2.45, 2.75) is 65.8 Å². The van der Waals surface area contributed by atoms with Gasteiger partial charge in [0, 0.05) is 12.2 Å². The van der Waals surface area contributed by atoms with Gasteiger partial charge in [-0.1, -0.05) is 40.0 Å². The summed E-state index contributed by atoms with van der Waals surface area (Å²) in [7, 11) is 0. The van der Waals surface area contributed by atoms with E-state index < -0.39 is 0 Å². The Morgan fingerprint density at radius 1 is 1.12 bits per heavy atom. The van der Waals surface area contributed by atoms with E-state index in [2.05, 4.69) is 25.9 Å². The smallest absolute Gasteiger partial charge is 0.153 e. The van der Waals surface area contributed by atoms with Crippen molar-refractivity contribution in [1.29, 1.82) is 0 Å². The first kappa shape index (κ1) is 13.9. The highest BCUT2D eigenvalue weighted by Gasteiger charge is 2.13. The number of hydrogen-bond donors (Lipinski definition) is 0. The third kappa shape index (κ3) is 3.42. The Morgan fingerprint density at radius 3 is 2.41 bits per heavy atom. The molecule has 0 saturated carbocycles. The van der Waals surface area contributed by atoms with E-state index in [1.54, 1.807) is 0 Å². The van der Waals surface area contributed by atoms with Crippen molar-refractivity contribution in [2.75, 3.05) is 0 Å². The summed E-state index contributed by atoms with van der Waals surface area (Å²) in [4.78, 5) is 11.1. The number of aromatic nitrogens is 2. The molecular weight excluding hydrogens is 212 g/mol. The summed E-state index contributed by atoms with van der Waals surface area (Å²) >= 11 is 0. The van der Waals surface area contributed by atoms with Gasteiger partial charge in [-0.05, 0) is 19.3 Å². The van der Waals surface area contributed by atoms with E-state index in [4.69, 9.17) is 0 Å². The number of nitrogens with zero attached hydrogens (tertiary/aromatic N) is 2. The van der Waals surface area contributed by atoms with Crippen LogP contribution in [0.3, 0.4) is 0 Å². The summed E-state index contributed by atoms with van der Waals surface area (Å²) < 4.78 is 2.04. The average molecular weight is 236 g/mol. The zero-order chi connectivity index (χ0) is 12.7. The Bertz CT molecular complexity index is 355. The first-order chi connectivity index (χ1) is 8.28. The molecule has 0 aromatic carbocycles. The number of unbranched alkanes of at least 4 members (excludes halogenated alkanes) is 3. The summed E-state index contributed by atoms with van der Waals surface area (Å²) in [6, 6.07) is 0. The first-order valence-electron chi connectivity index (χ1n) is 6.82. The quantitative estimate of drug-likeness (QED) is 0.512. The van der Waals surface area contributed by atoms with E-state index in [1.807, 2.05) is 4.68 Å². The SMILES string of the molecule is CCCCCCn1nc(CC)c(C=O)c1CC. The normalized spacial score (nSPS) is 10.8. The second-order valence-electron chi connectivity index (χ2n) is 4.42. The zero-order valence-corrected chi connectivity index (χ0v) is 11.3. The van der Waals surface area contributed by atoms with Crippen LogP contribution in [-0.2, 0) is 19.4 Å². The molecule has 0 atom stereocenters. The Hall–Kier alpha value is -1.12. The van der Waals surface area contributed by atoms with Gasteiger partial charge in [0.15, 0.2) is 6.29 Å². The van der Waals surface area contributed by atoms with Crippen molar-refractivity contribution < 1.29 is 4.79 Å². The third-order valence-corrected chi connectivity index (χ3v) is 3.19. The zero-order valence-electron chi connectivity index (χ0n) is 11.3. The standard InChI is InChI=1S/C14H24N2O/c1-4-7-8-9-10-16-14(6-3)12(11-17)13(5-2)15-16/h11H,4-10H2,1-3H3. The van der Waals surface area contributed by atoms with Crippen molar-refractivity contribution >= 4 is 6.29 Å². The number of aldehydes is 1. The highest BCUT2D eigenvalue weighted by molar-refractivity contribution is 5.78. The van der Waals surface area contributed by atoms with Gasteiger partial charge in [0.1, 0.15) is 0 Å². The van der Waals surface area contributed by atoms with Crippen LogP contribution in [0, 0.1) is 0 Å². The maximum absolute atomic E-state index is 11.1. The Balaban J connectivity index is 2.76. The molecular formula is C14H24N2O. The number of carbonyl (C=O) groups excluding carboxylic acids is 1. The van der Waals surface area contributed by atoms with Gasteiger partial charge in [-0.25, -0.2) is 0 Å². The predicted molar refractivity (Wildman–Crippen MR) is 70.5 cm³/mol. The molecule has 0 aliphatic rings. The molecule has 0 saturated heterocycles. The largest absolute Gasteiger partial charge is 0.298 e. The van der Waals surface area contributed by atoms with Crippen molar-refractivity contribution in [3.8, 4) is 0 Å². The molecule has 0 unspecified atom stereocenters. The van der Waals surface area contributed by atoms with Gasteiger partial charge in [0.2, 0.25) is 0 Å². The molecule has 0 amide bonds. The van der Waals surface area contributed by atoms with Crippen molar-refractivity contribution in [3.63, 3.8) is 0 Å². The van der Waals surface area contributed by atoms with Crippen molar-refractivity contribution in [1.82, 2.24) is 9.78 Å². The summed E-state index contributed by atoms with van der Waals surface area (Å²) in [6.45, 7) is 7.30. The molecule has 3 nitrogen and oxygen atoms in total. The van der Waals surface area contributed by atoms with Gasteiger partial charge in [-0.2, -0.15) is 5.10 Å². The van der Waals surface area contributed by atoms with Crippen molar-refractivity contribution in [2.24, 2.45) is 0 Å². The van der Waals surface area contributed by atoms with Gasteiger partial charge < -0.3 is 0 Å². The highest BCUT2D eigenvalue weighted by atomic mass is 16.1. The van der Waals surface area contributed by atoms with E-state index in [-0.39, 0.29) is 0 Å². The fourth-order valence-electron chi connectivity index (χ4n) is 2.21. The van der Waals surface area contributed by atoms with Crippen LogP contribution in [0.2, 0.25) is 0 Å². The summed E-state index contributed by atoms with van der Waals surface area (Å²) in [5, 5.41) is 4.55. The summed E-state index contributed by atoms with van der Waals surface area (Å²) in [5.74, 6) is 0.